The Balaban J connectivity index is 1.84. The van der Waals surface area contributed by atoms with Gasteiger partial charge in [-0.25, -0.2) is 4.98 Å². The molecule has 0 saturated carbocycles. The van der Waals surface area contributed by atoms with Crippen LogP contribution in [0.3, 0.4) is 0 Å². The van der Waals surface area contributed by atoms with Gasteiger partial charge in [0.1, 0.15) is 17.1 Å². The summed E-state index contributed by atoms with van der Waals surface area (Å²) in [6, 6.07) is 10.6. The molecular formula is C19H14ClN3O5. The van der Waals surface area contributed by atoms with Gasteiger partial charge in [0.2, 0.25) is 0 Å². The van der Waals surface area contributed by atoms with Crippen molar-refractivity contribution in [1.82, 2.24) is 9.97 Å². The Bertz CT molecular complexity index is 1110. The van der Waals surface area contributed by atoms with Crippen LogP contribution in [0.15, 0.2) is 53.5 Å². The van der Waals surface area contributed by atoms with Gasteiger partial charge < -0.3 is 20.5 Å². The van der Waals surface area contributed by atoms with Crippen LogP contribution in [0, 0.1) is 0 Å². The zero-order valence-electron chi connectivity index (χ0n) is 14.3. The molecule has 0 fully saturated rings. The zero-order chi connectivity index (χ0) is 20.3. The van der Waals surface area contributed by atoms with E-state index in [2.05, 4.69) is 15.3 Å². The molecule has 0 aliphatic carbocycles. The molecule has 3 rings (SSSR count). The summed E-state index contributed by atoms with van der Waals surface area (Å²) in [5.74, 6) is -1.84. The summed E-state index contributed by atoms with van der Waals surface area (Å²) >= 11 is 5.83. The Morgan fingerprint density at radius 2 is 1.86 bits per heavy atom. The Hall–Kier alpha value is -3.65. The van der Waals surface area contributed by atoms with Crippen molar-refractivity contribution in [3.05, 3.63) is 75.2 Å². The minimum atomic E-state index is -1.05. The summed E-state index contributed by atoms with van der Waals surface area (Å²) in [6.45, 7) is 0. The molecule has 8 nitrogen and oxygen atoms in total. The summed E-state index contributed by atoms with van der Waals surface area (Å²) < 4.78 is 0. The lowest BCUT2D eigenvalue weighted by Gasteiger charge is -2.09. The zero-order valence-corrected chi connectivity index (χ0v) is 15.0. The van der Waals surface area contributed by atoms with E-state index in [1.165, 1.54) is 18.2 Å². The van der Waals surface area contributed by atoms with Crippen LogP contribution >= 0.6 is 11.6 Å². The number of aromatic hydroxyl groups is 1. The number of amides is 1. The third-order valence-electron chi connectivity index (χ3n) is 3.83. The van der Waals surface area contributed by atoms with Gasteiger partial charge in [-0.05, 0) is 42.0 Å². The summed E-state index contributed by atoms with van der Waals surface area (Å²) in [5.41, 5.74) is 0.0579. The average Bonchev–Trinajstić information content (AvgIpc) is 2.64. The number of anilines is 1. The second-order valence-corrected chi connectivity index (χ2v) is 6.29. The normalized spacial score (nSPS) is 10.5. The first-order valence-electron chi connectivity index (χ1n) is 8.04. The van der Waals surface area contributed by atoms with Crippen LogP contribution in [0.5, 0.6) is 5.75 Å². The molecule has 2 aromatic carbocycles. The third kappa shape index (κ3) is 4.36. The lowest BCUT2D eigenvalue weighted by atomic mass is 10.1. The molecule has 0 saturated heterocycles. The predicted octanol–water partition coefficient (Wildman–Crippen LogP) is 2.68. The third-order valence-corrected chi connectivity index (χ3v) is 4.08. The van der Waals surface area contributed by atoms with Crippen LogP contribution in [0.2, 0.25) is 5.02 Å². The number of nitrogens with zero attached hydrogens (tertiary/aromatic N) is 1. The number of carboxylic acid groups (broad SMARTS) is 1. The van der Waals surface area contributed by atoms with Crippen LogP contribution in [0.4, 0.5) is 5.69 Å². The highest BCUT2D eigenvalue weighted by atomic mass is 35.5. The van der Waals surface area contributed by atoms with Gasteiger partial charge >= 0.3 is 5.97 Å². The number of carbonyl (C=O) groups excluding carboxylic acids is 1. The molecular weight excluding hydrogens is 386 g/mol. The van der Waals surface area contributed by atoms with Crippen molar-refractivity contribution in [2.75, 3.05) is 5.32 Å². The van der Waals surface area contributed by atoms with Crippen molar-refractivity contribution in [2.24, 2.45) is 0 Å². The maximum absolute atomic E-state index is 12.4. The van der Waals surface area contributed by atoms with Crippen molar-refractivity contribution in [3.8, 4) is 17.1 Å². The summed E-state index contributed by atoms with van der Waals surface area (Å²) in [7, 11) is 0. The number of benzene rings is 2. The van der Waals surface area contributed by atoms with E-state index in [1.807, 2.05) is 0 Å². The lowest BCUT2D eigenvalue weighted by molar-refractivity contribution is -0.136. The fraction of sp³-hybridized carbons (Fsp3) is 0.0526. The second-order valence-electron chi connectivity index (χ2n) is 5.86. The smallest absolute Gasteiger partial charge is 0.307 e. The second kappa shape index (κ2) is 7.93. The van der Waals surface area contributed by atoms with Crippen molar-refractivity contribution >= 4 is 29.2 Å². The van der Waals surface area contributed by atoms with Crippen LogP contribution in [-0.2, 0) is 11.2 Å². The molecule has 0 radical (unpaired) electrons. The van der Waals surface area contributed by atoms with Crippen LogP contribution in [0.1, 0.15) is 15.9 Å². The quantitative estimate of drug-likeness (QED) is 0.487. The van der Waals surface area contributed by atoms with Gasteiger partial charge in [-0.1, -0.05) is 17.7 Å². The predicted molar refractivity (Wildman–Crippen MR) is 103 cm³/mol. The van der Waals surface area contributed by atoms with E-state index in [-0.39, 0.29) is 29.2 Å². The number of phenolic OH excluding ortho intramolecular Hbond substituents is 1. The Morgan fingerprint density at radius 3 is 2.50 bits per heavy atom. The van der Waals surface area contributed by atoms with Crippen molar-refractivity contribution < 1.29 is 19.8 Å². The first-order chi connectivity index (χ1) is 13.3. The molecule has 1 heterocycles. The van der Waals surface area contributed by atoms with Crippen LogP contribution < -0.4 is 10.9 Å². The lowest BCUT2D eigenvalue weighted by Crippen LogP contribution is -2.24. The first-order valence-corrected chi connectivity index (χ1v) is 8.41. The Kier molecular flexibility index (Phi) is 5.42. The number of aromatic nitrogens is 2. The summed E-state index contributed by atoms with van der Waals surface area (Å²) in [6.07, 6.45) is 0.845. The van der Waals surface area contributed by atoms with Gasteiger partial charge in [-0.2, -0.15) is 0 Å². The van der Waals surface area contributed by atoms with E-state index >= 15 is 0 Å². The minimum Gasteiger partial charge on any atom is -0.506 e. The molecule has 9 heteroatoms. The standard InChI is InChI=1S/C19H14ClN3O5/c20-12-4-2-11(3-5-12)17-21-9-13(19(28)23-17)18(27)22-14-7-10(8-16(25)26)1-6-15(14)24/h1-7,9,24H,8H2,(H,22,27)(H,25,26)(H,21,23,28). The molecule has 0 bridgehead atoms. The highest BCUT2D eigenvalue weighted by Crippen LogP contribution is 2.25. The number of H-pyrrole nitrogens is 1. The number of aliphatic carboxylic acids is 1. The number of carbonyl (C=O) groups is 2. The van der Waals surface area contributed by atoms with E-state index in [1.54, 1.807) is 24.3 Å². The first kappa shape index (κ1) is 19.1. The number of hydrogen-bond donors (Lipinski definition) is 4. The fourth-order valence-corrected chi connectivity index (χ4v) is 2.59. The SMILES string of the molecule is O=C(O)Cc1ccc(O)c(NC(=O)c2cnc(-c3ccc(Cl)cc3)[nH]c2=O)c1. The molecule has 0 spiro atoms. The van der Waals surface area contributed by atoms with Gasteiger partial charge in [0.05, 0.1) is 12.1 Å². The highest BCUT2D eigenvalue weighted by molar-refractivity contribution is 6.30. The number of hydrogen-bond acceptors (Lipinski definition) is 5. The van der Waals surface area contributed by atoms with E-state index in [4.69, 9.17) is 16.7 Å². The molecule has 1 aromatic heterocycles. The molecule has 142 valence electrons. The molecule has 4 N–H and O–H groups in total. The summed E-state index contributed by atoms with van der Waals surface area (Å²) in [4.78, 5) is 42.1. The van der Waals surface area contributed by atoms with Gasteiger partial charge in [0, 0.05) is 16.8 Å². The molecule has 28 heavy (non-hydrogen) atoms. The van der Waals surface area contributed by atoms with Crippen LogP contribution in [0.25, 0.3) is 11.4 Å². The maximum Gasteiger partial charge on any atom is 0.307 e. The van der Waals surface area contributed by atoms with Gasteiger partial charge in [-0.15, -0.1) is 0 Å². The summed E-state index contributed by atoms with van der Waals surface area (Å²) in [5, 5.41) is 21.6. The van der Waals surface area contributed by atoms with Crippen molar-refractivity contribution in [1.29, 1.82) is 0 Å². The maximum atomic E-state index is 12.4. The Morgan fingerprint density at radius 1 is 1.14 bits per heavy atom. The minimum absolute atomic E-state index is 0.00933. The van der Waals surface area contributed by atoms with E-state index < -0.39 is 17.4 Å². The molecule has 0 atom stereocenters. The molecule has 0 aliphatic heterocycles. The van der Waals surface area contributed by atoms with E-state index in [0.29, 0.717) is 16.1 Å². The molecule has 3 aromatic rings. The van der Waals surface area contributed by atoms with Crippen LogP contribution in [-0.4, -0.2) is 32.1 Å². The van der Waals surface area contributed by atoms with E-state index in [0.717, 1.165) is 6.20 Å². The van der Waals surface area contributed by atoms with Crippen molar-refractivity contribution in [3.63, 3.8) is 0 Å². The van der Waals surface area contributed by atoms with Gasteiger partial charge in [0.15, 0.2) is 0 Å². The molecule has 1 amide bonds. The number of halogens is 1. The largest absolute Gasteiger partial charge is 0.506 e. The fourth-order valence-electron chi connectivity index (χ4n) is 2.47. The number of nitrogens with one attached hydrogen (secondary N) is 2. The molecule has 0 aliphatic rings. The highest BCUT2D eigenvalue weighted by Gasteiger charge is 2.15. The van der Waals surface area contributed by atoms with Gasteiger partial charge in [0.25, 0.3) is 11.5 Å². The number of phenols is 1. The van der Waals surface area contributed by atoms with Gasteiger partial charge in [-0.3, -0.25) is 14.4 Å². The number of rotatable bonds is 5. The van der Waals surface area contributed by atoms with E-state index in [9.17, 15) is 19.5 Å². The number of carboxylic acids is 1. The van der Waals surface area contributed by atoms with Crippen molar-refractivity contribution in [2.45, 2.75) is 6.42 Å². The number of aromatic amines is 1. The topological polar surface area (TPSA) is 132 Å². The monoisotopic (exact) mass is 399 g/mol. The average molecular weight is 400 g/mol. The molecule has 0 unspecified atom stereocenters. The Labute approximate surface area is 163 Å².